The third-order valence-corrected chi connectivity index (χ3v) is 3.42. The molecule has 0 heterocycles. The lowest BCUT2D eigenvalue weighted by atomic mass is 10.1. The highest BCUT2D eigenvalue weighted by atomic mass is 32.2. The Morgan fingerprint density at radius 3 is 2.75 bits per heavy atom. The predicted octanol–water partition coefficient (Wildman–Crippen LogP) is -0.0495. The van der Waals surface area contributed by atoms with E-state index in [4.69, 9.17) is 5.14 Å². The van der Waals surface area contributed by atoms with Crippen LogP contribution < -0.4 is 5.14 Å². The highest BCUT2D eigenvalue weighted by molar-refractivity contribution is 7.83. The second kappa shape index (κ2) is 4.00. The normalized spacial score (nSPS) is 31.5. The molecular formula is C7H13NO3S. The largest absolute Gasteiger partial charge is 0.469 e. The summed E-state index contributed by atoms with van der Waals surface area (Å²) < 4.78 is 15.5. The lowest BCUT2D eigenvalue weighted by molar-refractivity contribution is -0.145. The van der Waals surface area contributed by atoms with Gasteiger partial charge in [-0.3, -0.25) is 9.93 Å². The smallest absolute Gasteiger partial charge is 0.309 e. The third kappa shape index (κ3) is 1.84. The van der Waals surface area contributed by atoms with Crippen molar-refractivity contribution in [1.82, 2.24) is 0 Å². The van der Waals surface area contributed by atoms with Crippen LogP contribution in [0.1, 0.15) is 19.3 Å². The minimum atomic E-state index is -1.39. The van der Waals surface area contributed by atoms with Crippen LogP contribution in [0.2, 0.25) is 0 Å². The molecule has 0 bridgehead atoms. The Hall–Kier alpha value is -0.420. The standard InChI is InChI=1S/C7H13NO3S/c1-11-7(9)5-3-2-4-6(5)12(8)10/h5-6H,2-4,8H2,1H3. The highest BCUT2D eigenvalue weighted by Gasteiger charge is 2.36. The lowest BCUT2D eigenvalue weighted by Crippen LogP contribution is -2.31. The number of hydrogen-bond acceptors (Lipinski definition) is 3. The molecule has 1 saturated carbocycles. The van der Waals surface area contributed by atoms with Gasteiger partial charge in [-0.1, -0.05) is 6.42 Å². The van der Waals surface area contributed by atoms with Gasteiger partial charge in [0.05, 0.1) is 29.3 Å². The fourth-order valence-corrected chi connectivity index (χ4v) is 2.60. The van der Waals surface area contributed by atoms with Gasteiger partial charge in [-0.2, -0.15) is 0 Å². The van der Waals surface area contributed by atoms with Crippen molar-refractivity contribution >= 4 is 17.0 Å². The molecule has 70 valence electrons. The number of hydrogen-bond donors (Lipinski definition) is 1. The van der Waals surface area contributed by atoms with Crippen LogP contribution in [0.5, 0.6) is 0 Å². The molecule has 0 aromatic heterocycles. The summed E-state index contributed by atoms with van der Waals surface area (Å²) in [7, 11) is -0.0496. The van der Waals surface area contributed by atoms with E-state index in [9.17, 15) is 9.00 Å². The number of methoxy groups -OCH3 is 1. The number of ether oxygens (including phenoxy) is 1. The van der Waals surface area contributed by atoms with Crippen LogP contribution in [0.15, 0.2) is 0 Å². The molecule has 0 aromatic carbocycles. The van der Waals surface area contributed by atoms with Gasteiger partial charge in [-0.05, 0) is 12.8 Å². The summed E-state index contributed by atoms with van der Waals surface area (Å²) in [6, 6.07) is 0. The van der Waals surface area contributed by atoms with E-state index in [1.807, 2.05) is 0 Å². The zero-order valence-electron chi connectivity index (χ0n) is 6.99. The Kier molecular flexibility index (Phi) is 3.22. The van der Waals surface area contributed by atoms with Gasteiger partial charge in [0.1, 0.15) is 0 Å². The van der Waals surface area contributed by atoms with E-state index >= 15 is 0 Å². The van der Waals surface area contributed by atoms with Crippen LogP contribution in [0, 0.1) is 5.92 Å². The summed E-state index contributed by atoms with van der Waals surface area (Å²) >= 11 is 0. The van der Waals surface area contributed by atoms with E-state index in [1.165, 1.54) is 7.11 Å². The Morgan fingerprint density at radius 1 is 1.58 bits per heavy atom. The maximum absolute atomic E-state index is 11.1. The number of nitrogens with two attached hydrogens (primary N) is 1. The first kappa shape index (κ1) is 9.67. The van der Waals surface area contributed by atoms with E-state index in [-0.39, 0.29) is 17.1 Å². The first-order chi connectivity index (χ1) is 5.66. The van der Waals surface area contributed by atoms with Crippen LogP contribution >= 0.6 is 0 Å². The average Bonchev–Trinajstić information content (AvgIpc) is 2.50. The molecule has 0 radical (unpaired) electrons. The van der Waals surface area contributed by atoms with Crippen molar-refractivity contribution in [3.63, 3.8) is 0 Å². The van der Waals surface area contributed by atoms with Gasteiger partial charge in [-0.25, -0.2) is 4.21 Å². The zero-order valence-corrected chi connectivity index (χ0v) is 7.80. The minimum absolute atomic E-state index is 0.197. The molecule has 1 fully saturated rings. The van der Waals surface area contributed by atoms with E-state index in [1.54, 1.807) is 0 Å². The van der Waals surface area contributed by atoms with Gasteiger partial charge in [0.2, 0.25) is 0 Å². The third-order valence-electron chi connectivity index (χ3n) is 2.25. The molecule has 3 unspecified atom stereocenters. The quantitative estimate of drug-likeness (QED) is 0.622. The van der Waals surface area contributed by atoms with Gasteiger partial charge in [0.25, 0.3) is 0 Å². The van der Waals surface area contributed by atoms with Crippen LogP contribution in [-0.4, -0.2) is 22.5 Å². The van der Waals surface area contributed by atoms with Crippen LogP contribution in [0.25, 0.3) is 0 Å². The van der Waals surface area contributed by atoms with Gasteiger partial charge in [0.15, 0.2) is 0 Å². The molecule has 0 saturated heterocycles. The monoisotopic (exact) mass is 191 g/mol. The van der Waals surface area contributed by atoms with Crippen molar-refractivity contribution in [2.75, 3.05) is 7.11 Å². The van der Waals surface area contributed by atoms with E-state index in [0.717, 1.165) is 19.3 Å². The minimum Gasteiger partial charge on any atom is -0.469 e. The molecule has 2 N–H and O–H groups in total. The Labute approximate surface area is 74.0 Å². The van der Waals surface area contributed by atoms with Gasteiger partial charge in [-0.15, -0.1) is 0 Å². The Morgan fingerprint density at radius 2 is 2.25 bits per heavy atom. The second-order valence-corrected chi connectivity index (χ2v) is 4.19. The SMILES string of the molecule is COC(=O)C1CCCC1S(N)=O. The fraction of sp³-hybridized carbons (Fsp3) is 0.857. The van der Waals surface area contributed by atoms with Gasteiger partial charge < -0.3 is 4.74 Å². The zero-order chi connectivity index (χ0) is 9.14. The molecule has 1 rings (SSSR count). The van der Waals surface area contributed by atoms with E-state index in [0.29, 0.717) is 0 Å². The van der Waals surface area contributed by atoms with Crippen molar-refractivity contribution in [1.29, 1.82) is 0 Å². The number of rotatable bonds is 2. The molecule has 3 atom stereocenters. The van der Waals surface area contributed by atoms with Crippen molar-refractivity contribution in [2.45, 2.75) is 24.5 Å². The maximum Gasteiger partial charge on any atom is 0.309 e. The molecule has 12 heavy (non-hydrogen) atoms. The number of carbonyl (C=O) groups is 1. The molecule has 1 aliphatic rings. The predicted molar refractivity (Wildman–Crippen MR) is 45.5 cm³/mol. The van der Waals surface area contributed by atoms with Crippen LogP contribution in [0.3, 0.4) is 0 Å². The highest BCUT2D eigenvalue weighted by Crippen LogP contribution is 2.29. The summed E-state index contributed by atoms with van der Waals surface area (Å²) in [5.41, 5.74) is 0. The van der Waals surface area contributed by atoms with Crippen molar-refractivity contribution in [3.8, 4) is 0 Å². The summed E-state index contributed by atoms with van der Waals surface area (Å²) in [5, 5.41) is 5.05. The lowest BCUT2D eigenvalue weighted by Gasteiger charge is -2.13. The maximum atomic E-state index is 11.1. The number of carbonyl (C=O) groups excluding carboxylic acids is 1. The second-order valence-electron chi connectivity index (χ2n) is 2.93. The molecule has 0 aliphatic heterocycles. The van der Waals surface area contributed by atoms with Crippen molar-refractivity contribution < 1.29 is 13.7 Å². The topological polar surface area (TPSA) is 69.4 Å². The van der Waals surface area contributed by atoms with Crippen molar-refractivity contribution in [3.05, 3.63) is 0 Å². The average molecular weight is 191 g/mol. The molecule has 0 aromatic rings. The first-order valence-electron chi connectivity index (χ1n) is 3.89. The molecule has 0 spiro atoms. The summed E-state index contributed by atoms with van der Waals surface area (Å²) in [6.45, 7) is 0. The van der Waals surface area contributed by atoms with E-state index < -0.39 is 11.0 Å². The van der Waals surface area contributed by atoms with Crippen LogP contribution in [0.4, 0.5) is 0 Å². The van der Waals surface area contributed by atoms with E-state index in [2.05, 4.69) is 4.74 Å². The molecule has 4 nitrogen and oxygen atoms in total. The van der Waals surface area contributed by atoms with Crippen molar-refractivity contribution in [2.24, 2.45) is 11.1 Å². The molecule has 1 aliphatic carbocycles. The first-order valence-corrected chi connectivity index (χ1v) is 5.17. The Balaban J connectivity index is 2.63. The number of esters is 1. The summed E-state index contributed by atoms with van der Waals surface area (Å²) in [4.78, 5) is 11.1. The fourth-order valence-electron chi connectivity index (χ4n) is 1.63. The van der Waals surface area contributed by atoms with Crippen LogP contribution in [-0.2, 0) is 20.5 Å². The molecule has 0 amide bonds. The molecule has 5 heteroatoms. The van der Waals surface area contributed by atoms with Gasteiger partial charge >= 0.3 is 5.97 Å². The van der Waals surface area contributed by atoms with Gasteiger partial charge in [0, 0.05) is 0 Å². The summed E-state index contributed by atoms with van der Waals surface area (Å²) in [6.07, 6.45) is 2.43. The molecular weight excluding hydrogens is 178 g/mol. The Bertz CT molecular complexity index is 207. The summed E-state index contributed by atoms with van der Waals surface area (Å²) in [5.74, 6) is -0.530.